The van der Waals surface area contributed by atoms with Gasteiger partial charge >= 0.3 is 0 Å². The van der Waals surface area contributed by atoms with Crippen LogP contribution in [-0.4, -0.2) is 37.2 Å². The molecule has 1 N–H and O–H groups in total. The molecule has 5 nitrogen and oxygen atoms in total. The van der Waals surface area contributed by atoms with E-state index >= 15 is 0 Å². The van der Waals surface area contributed by atoms with Crippen LogP contribution in [0.15, 0.2) is 36.4 Å². The summed E-state index contributed by atoms with van der Waals surface area (Å²) in [5, 5.41) is -0.221. The molecule has 2 aromatic rings. The van der Waals surface area contributed by atoms with E-state index in [9.17, 15) is 26.0 Å². The lowest BCUT2D eigenvalue weighted by atomic mass is 10.2. The highest BCUT2D eigenvalue weighted by atomic mass is 32.2. The summed E-state index contributed by atoms with van der Waals surface area (Å²) in [4.78, 5) is 0. The Balaban J connectivity index is 1.60. The second-order valence-corrected chi connectivity index (χ2v) is 9.38. The van der Waals surface area contributed by atoms with E-state index < -0.39 is 39.5 Å². The van der Waals surface area contributed by atoms with Crippen molar-refractivity contribution in [1.82, 2.24) is 9.03 Å². The Hall–Kier alpha value is -1.66. The number of rotatable bonds is 8. The van der Waals surface area contributed by atoms with Gasteiger partial charge in [0, 0.05) is 30.0 Å². The first kappa shape index (κ1) is 23.0. The van der Waals surface area contributed by atoms with Gasteiger partial charge in [-0.05, 0) is 30.2 Å². The van der Waals surface area contributed by atoms with Gasteiger partial charge in [-0.15, -0.1) is 0 Å². The Morgan fingerprint density at radius 2 is 1.73 bits per heavy atom. The topological polar surface area (TPSA) is 58.6 Å². The Morgan fingerprint density at radius 1 is 1.07 bits per heavy atom. The molecule has 164 valence electrons. The Bertz CT molecular complexity index is 990. The van der Waals surface area contributed by atoms with E-state index in [0.717, 1.165) is 0 Å². The highest BCUT2D eigenvalue weighted by Crippen LogP contribution is 2.25. The summed E-state index contributed by atoms with van der Waals surface area (Å²) >= 11 is 4.34. The fourth-order valence-corrected chi connectivity index (χ4v) is 5.11. The van der Waals surface area contributed by atoms with Crippen LogP contribution in [0.5, 0.6) is 0 Å². The zero-order chi connectivity index (χ0) is 21.9. The van der Waals surface area contributed by atoms with Crippen LogP contribution in [0.2, 0.25) is 0 Å². The third-order valence-electron chi connectivity index (χ3n) is 4.68. The van der Waals surface area contributed by atoms with Crippen LogP contribution in [0.25, 0.3) is 0 Å². The summed E-state index contributed by atoms with van der Waals surface area (Å²) in [6.45, 7) is -0.292. The van der Waals surface area contributed by atoms with E-state index in [0.29, 0.717) is 24.1 Å². The number of ether oxygens (including phenoxy) is 1. The first-order valence-electron chi connectivity index (χ1n) is 9.06. The maximum atomic E-state index is 13.7. The van der Waals surface area contributed by atoms with Gasteiger partial charge in [-0.1, -0.05) is 12.1 Å². The van der Waals surface area contributed by atoms with E-state index in [1.807, 2.05) is 0 Å². The molecule has 1 saturated heterocycles. The molecule has 30 heavy (non-hydrogen) atoms. The fourth-order valence-electron chi connectivity index (χ4n) is 3.15. The summed E-state index contributed by atoms with van der Waals surface area (Å²) in [7, 11) is -3.89. The van der Waals surface area contributed by atoms with Crippen LogP contribution in [0.4, 0.5) is 17.6 Å². The summed E-state index contributed by atoms with van der Waals surface area (Å²) in [5.74, 6) is -3.86. The molecule has 0 amide bonds. The van der Waals surface area contributed by atoms with Crippen LogP contribution in [0, 0.1) is 23.3 Å². The standard InChI is InChI=1S/C19H20F4N2O3S2/c20-14-3-1-12(2-4-14)8-24-30(26,27)25-9-16(29)6-15(25)11-28-10-13-5-18(22)19(23)7-17(13)21/h1-5,7,15-16,24,29H,6,8-11H2/t15-,16+/m0/s1. The van der Waals surface area contributed by atoms with Crippen LogP contribution >= 0.6 is 12.6 Å². The third kappa shape index (κ3) is 5.73. The summed E-state index contributed by atoms with van der Waals surface area (Å²) in [6, 6.07) is 5.99. The molecule has 0 bridgehead atoms. The predicted molar refractivity (Wildman–Crippen MR) is 106 cm³/mol. The molecular weight excluding hydrogens is 444 g/mol. The molecule has 0 unspecified atom stereocenters. The number of nitrogens with one attached hydrogen (secondary N) is 1. The van der Waals surface area contributed by atoms with Crippen LogP contribution in [-0.2, 0) is 28.1 Å². The van der Waals surface area contributed by atoms with Gasteiger partial charge in [-0.25, -0.2) is 17.6 Å². The summed E-state index contributed by atoms with van der Waals surface area (Å²) in [5.41, 5.74) is 0.418. The van der Waals surface area contributed by atoms with Gasteiger partial charge in [0.25, 0.3) is 10.2 Å². The molecule has 2 atom stereocenters. The van der Waals surface area contributed by atoms with E-state index in [-0.39, 0.29) is 37.1 Å². The minimum atomic E-state index is -3.89. The average Bonchev–Trinajstić information content (AvgIpc) is 3.07. The molecule has 0 aliphatic carbocycles. The molecule has 3 rings (SSSR count). The number of hydrogen-bond donors (Lipinski definition) is 2. The van der Waals surface area contributed by atoms with Gasteiger partial charge in [-0.2, -0.15) is 30.1 Å². The molecule has 1 aliphatic heterocycles. The lowest BCUT2D eigenvalue weighted by molar-refractivity contribution is 0.0849. The zero-order valence-electron chi connectivity index (χ0n) is 15.7. The van der Waals surface area contributed by atoms with E-state index in [4.69, 9.17) is 4.74 Å². The van der Waals surface area contributed by atoms with Crippen molar-refractivity contribution in [2.45, 2.75) is 30.9 Å². The molecular formula is C19H20F4N2O3S2. The molecule has 0 radical (unpaired) electrons. The lowest BCUT2D eigenvalue weighted by Gasteiger charge is -2.24. The van der Waals surface area contributed by atoms with Gasteiger partial charge < -0.3 is 4.74 Å². The Kier molecular flexibility index (Phi) is 7.40. The second kappa shape index (κ2) is 9.65. The maximum Gasteiger partial charge on any atom is 0.280 e. The number of halogens is 4. The van der Waals surface area contributed by atoms with Crippen molar-refractivity contribution in [2.24, 2.45) is 0 Å². The second-order valence-electron chi connectivity index (χ2n) is 6.94. The van der Waals surface area contributed by atoms with Crippen molar-refractivity contribution in [2.75, 3.05) is 13.2 Å². The molecule has 1 aliphatic rings. The molecule has 2 aromatic carbocycles. The SMILES string of the molecule is O=S(=O)(NCc1ccc(F)cc1)N1C[C@H](S)C[C@H]1COCc1cc(F)c(F)cc1F. The highest BCUT2D eigenvalue weighted by Gasteiger charge is 2.38. The quantitative estimate of drug-likeness (QED) is 0.359. The molecule has 1 fully saturated rings. The summed E-state index contributed by atoms with van der Waals surface area (Å²) in [6.07, 6.45) is 0.404. The molecule has 1 heterocycles. The molecule has 0 aromatic heterocycles. The van der Waals surface area contributed by atoms with Gasteiger partial charge in [0.05, 0.1) is 19.3 Å². The van der Waals surface area contributed by atoms with Crippen LogP contribution < -0.4 is 4.72 Å². The minimum Gasteiger partial charge on any atom is -0.375 e. The van der Waals surface area contributed by atoms with Crippen LogP contribution in [0.1, 0.15) is 17.5 Å². The van der Waals surface area contributed by atoms with Crippen molar-refractivity contribution in [3.05, 3.63) is 70.8 Å². The zero-order valence-corrected chi connectivity index (χ0v) is 17.4. The van der Waals surface area contributed by atoms with E-state index in [1.54, 1.807) is 0 Å². The smallest absolute Gasteiger partial charge is 0.280 e. The average molecular weight is 465 g/mol. The van der Waals surface area contributed by atoms with E-state index in [2.05, 4.69) is 17.4 Å². The Labute approximate surface area is 177 Å². The van der Waals surface area contributed by atoms with Crippen molar-refractivity contribution >= 4 is 22.8 Å². The normalized spacial score (nSPS) is 20.0. The largest absolute Gasteiger partial charge is 0.375 e. The molecule has 0 spiro atoms. The number of thiol groups is 1. The van der Waals surface area contributed by atoms with Crippen molar-refractivity contribution in [3.63, 3.8) is 0 Å². The van der Waals surface area contributed by atoms with Crippen molar-refractivity contribution < 1.29 is 30.7 Å². The lowest BCUT2D eigenvalue weighted by Crippen LogP contribution is -2.45. The Morgan fingerprint density at radius 3 is 2.43 bits per heavy atom. The van der Waals surface area contributed by atoms with Gasteiger partial charge in [0.1, 0.15) is 11.6 Å². The number of nitrogens with zero attached hydrogens (tertiary/aromatic N) is 1. The van der Waals surface area contributed by atoms with E-state index in [1.165, 1.54) is 28.6 Å². The maximum absolute atomic E-state index is 13.7. The number of benzene rings is 2. The minimum absolute atomic E-state index is 0.0238. The van der Waals surface area contributed by atoms with Gasteiger partial charge in [0.15, 0.2) is 11.6 Å². The van der Waals surface area contributed by atoms with Crippen LogP contribution in [0.3, 0.4) is 0 Å². The fraction of sp³-hybridized carbons (Fsp3) is 0.368. The first-order valence-corrected chi connectivity index (χ1v) is 11.0. The highest BCUT2D eigenvalue weighted by molar-refractivity contribution is 7.87. The van der Waals surface area contributed by atoms with Crippen molar-refractivity contribution in [1.29, 1.82) is 0 Å². The number of hydrogen-bond acceptors (Lipinski definition) is 4. The first-order chi connectivity index (χ1) is 14.2. The van der Waals surface area contributed by atoms with Crippen molar-refractivity contribution in [3.8, 4) is 0 Å². The summed E-state index contributed by atoms with van der Waals surface area (Å²) < 4.78 is 87.4. The molecule has 0 saturated carbocycles. The van der Waals surface area contributed by atoms with Gasteiger partial charge in [-0.3, -0.25) is 0 Å². The predicted octanol–water partition coefficient (Wildman–Crippen LogP) is 3.17. The molecule has 11 heteroatoms. The third-order valence-corrected chi connectivity index (χ3v) is 6.63. The van der Waals surface area contributed by atoms with Gasteiger partial charge in [0.2, 0.25) is 0 Å². The monoisotopic (exact) mass is 464 g/mol.